The molecule has 0 aliphatic carbocycles. The Morgan fingerprint density at radius 2 is 1.94 bits per heavy atom. The predicted molar refractivity (Wildman–Crippen MR) is 105 cm³/mol. The lowest BCUT2D eigenvalue weighted by Crippen LogP contribution is -2.24. The summed E-state index contributed by atoms with van der Waals surface area (Å²) >= 11 is 6.17. The zero-order chi connectivity index (χ0) is 23.0. The number of aromatic nitrogens is 3. The van der Waals surface area contributed by atoms with Crippen LogP contribution < -0.4 is 0 Å². The van der Waals surface area contributed by atoms with Gasteiger partial charge >= 0.3 is 12.1 Å². The molecule has 3 rings (SSSR count). The number of hydrogen-bond acceptors (Lipinski definition) is 6. The lowest BCUT2D eigenvalue weighted by Gasteiger charge is -2.18. The Morgan fingerprint density at radius 3 is 2.52 bits per heavy atom. The fourth-order valence-corrected chi connectivity index (χ4v) is 3.23. The third-order valence-corrected chi connectivity index (χ3v) is 4.83. The van der Waals surface area contributed by atoms with E-state index in [-0.39, 0.29) is 29.2 Å². The fourth-order valence-electron chi connectivity index (χ4n) is 3.00. The number of hydrogen-bond donors (Lipinski definition) is 1. The van der Waals surface area contributed by atoms with Gasteiger partial charge in [0.1, 0.15) is 11.3 Å². The molecule has 0 fully saturated rings. The van der Waals surface area contributed by atoms with Crippen LogP contribution in [0.15, 0.2) is 35.0 Å². The molecule has 31 heavy (non-hydrogen) atoms. The summed E-state index contributed by atoms with van der Waals surface area (Å²) < 4.78 is 52.5. The Kier molecular flexibility index (Phi) is 6.15. The second kappa shape index (κ2) is 8.35. The van der Waals surface area contributed by atoms with E-state index in [1.54, 1.807) is 24.3 Å². The monoisotopic (exact) mass is 457 g/mol. The van der Waals surface area contributed by atoms with Crippen LogP contribution in [0.5, 0.6) is 0 Å². The van der Waals surface area contributed by atoms with Crippen LogP contribution in [0, 0.1) is 0 Å². The van der Waals surface area contributed by atoms with Crippen LogP contribution in [0.3, 0.4) is 0 Å². The molecule has 0 unspecified atom stereocenters. The summed E-state index contributed by atoms with van der Waals surface area (Å²) in [7, 11) is 1.09. The Hall–Kier alpha value is -2.85. The first-order chi connectivity index (χ1) is 14.4. The molecule has 7 nitrogen and oxygen atoms in total. The van der Waals surface area contributed by atoms with Crippen molar-refractivity contribution in [2.45, 2.75) is 38.6 Å². The molecule has 1 N–H and O–H groups in total. The molecule has 3 aromatic rings. The highest BCUT2D eigenvalue weighted by Crippen LogP contribution is 2.42. The zero-order valence-electron chi connectivity index (χ0n) is 16.8. The largest absolute Gasteiger partial charge is 0.465 e. The van der Waals surface area contributed by atoms with Crippen molar-refractivity contribution in [3.63, 3.8) is 0 Å². The summed E-state index contributed by atoms with van der Waals surface area (Å²) in [5.74, 6) is -1.38. The van der Waals surface area contributed by atoms with Crippen molar-refractivity contribution in [2.75, 3.05) is 7.11 Å². The van der Waals surface area contributed by atoms with Crippen molar-refractivity contribution >= 4 is 17.6 Å². The first-order valence-corrected chi connectivity index (χ1v) is 9.50. The lowest BCUT2D eigenvalue weighted by molar-refractivity contribution is -0.144. The molecule has 1 aromatic carbocycles. The molecule has 0 amide bonds. The average Bonchev–Trinajstić information content (AvgIpc) is 3.29. The fraction of sp³-hybridized carbons (Fsp3) is 0.350. The van der Waals surface area contributed by atoms with Gasteiger partial charge < -0.3 is 14.4 Å². The maximum atomic E-state index is 13.9. The number of methoxy groups -OCH3 is 1. The first-order valence-electron chi connectivity index (χ1n) is 9.12. The molecule has 2 heterocycles. The number of carbonyl (C=O) groups excluding carboxylic acids is 1. The van der Waals surface area contributed by atoms with E-state index in [4.69, 9.17) is 20.9 Å². The lowest BCUT2D eigenvalue weighted by atomic mass is 10.0. The molecule has 0 saturated carbocycles. The van der Waals surface area contributed by atoms with E-state index in [0.29, 0.717) is 10.2 Å². The number of alkyl halides is 3. The molecule has 0 bridgehead atoms. The number of ether oxygens (including phenoxy) is 1. The number of aliphatic hydroxyl groups is 1. The van der Waals surface area contributed by atoms with Crippen LogP contribution in [-0.4, -0.2) is 38.7 Å². The number of halogens is 4. The zero-order valence-corrected chi connectivity index (χ0v) is 17.6. The van der Waals surface area contributed by atoms with Gasteiger partial charge in [0, 0.05) is 12.1 Å². The maximum Gasteiger partial charge on any atom is 0.433 e. The van der Waals surface area contributed by atoms with Gasteiger partial charge in [-0.3, -0.25) is 4.68 Å². The van der Waals surface area contributed by atoms with Crippen molar-refractivity contribution in [1.29, 1.82) is 0 Å². The van der Waals surface area contributed by atoms with E-state index >= 15 is 0 Å². The van der Waals surface area contributed by atoms with Crippen LogP contribution in [0.1, 0.15) is 36.3 Å². The van der Waals surface area contributed by atoms with Crippen molar-refractivity contribution in [2.24, 2.45) is 0 Å². The molecule has 0 spiro atoms. The first kappa shape index (κ1) is 22.8. The minimum absolute atomic E-state index is 0.0162. The smallest absolute Gasteiger partial charge is 0.433 e. The molecule has 0 saturated heterocycles. The minimum atomic E-state index is -4.82. The van der Waals surface area contributed by atoms with Crippen molar-refractivity contribution in [3.05, 3.63) is 46.7 Å². The van der Waals surface area contributed by atoms with Gasteiger partial charge in [-0.25, -0.2) is 4.79 Å². The number of rotatable bonds is 6. The molecule has 0 aliphatic heterocycles. The van der Waals surface area contributed by atoms with E-state index in [1.807, 2.05) is 0 Å². The molecular weight excluding hydrogens is 439 g/mol. The molecule has 11 heteroatoms. The number of aryl methyl sites for hydroxylation is 1. The van der Waals surface area contributed by atoms with E-state index in [1.165, 1.54) is 13.8 Å². The highest BCUT2D eigenvalue weighted by molar-refractivity contribution is 6.33. The Balaban J connectivity index is 2.20. The van der Waals surface area contributed by atoms with Gasteiger partial charge in [-0.05, 0) is 26.3 Å². The van der Waals surface area contributed by atoms with Gasteiger partial charge in [0.05, 0.1) is 29.5 Å². The maximum absolute atomic E-state index is 13.9. The van der Waals surface area contributed by atoms with Gasteiger partial charge in [0.2, 0.25) is 0 Å². The highest BCUT2D eigenvalue weighted by Gasteiger charge is 2.41. The van der Waals surface area contributed by atoms with E-state index in [0.717, 1.165) is 13.3 Å². The number of carbonyl (C=O) groups is 1. The number of esters is 1. The Labute approximate surface area is 180 Å². The molecule has 0 atom stereocenters. The summed E-state index contributed by atoms with van der Waals surface area (Å²) in [5.41, 5.74) is -2.87. The number of benzene rings is 1. The van der Waals surface area contributed by atoms with E-state index in [2.05, 4.69) is 10.3 Å². The average molecular weight is 458 g/mol. The van der Waals surface area contributed by atoms with Crippen LogP contribution in [0.4, 0.5) is 13.2 Å². The highest BCUT2D eigenvalue weighted by atomic mass is 35.5. The van der Waals surface area contributed by atoms with E-state index < -0.39 is 34.8 Å². The van der Waals surface area contributed by atoms with Crippen molar-refractivity contribution in [3.8, 4) is 22.6 Å². The SMILES string of the molecule is COC(=O)c1c(-c2ccccc2Cl)noc1-c1cnn(CCC(C)(C)O)c1C(F)(F)F. The second-order valence-electron chi connectivity index (χ2n) is 7.40. The molecule has 166 valence electrons. The van der Waals surface area contributed by atoms with Crippen LogP contribution in [0.25, 0.3) is 22.6 Å². The summed E-state index contributed by atoms with van der Waals surface area (Å²) in [6.07, 6.45) is -3.87. The standard InChI is InChI=1S/C20H19ClF3N3O4/c1-19(2,29)8-9-27-17(20(22,23)24)12(10-25-27)16-14(18(28)30-3)15(26-31-16)11-6-4-5-7-13(11)21/h4-7,10,29H,8-9H2,1-3H3. The van der Waals surface area contributed by atoms with Crippen molar-refractivity contribution in [1.82, 2.24) is 14.9 Å². The topological polar surface area (TPSA) is 90.4 Å². The van der Waals surface area contributed by atoms with Crippen LogP contribution in [0.2, 0.25) is 5.02 Å². The van der Waals surface area contributed by atoms with Gasteiger partial charge in [-0.1, -0.05) is 35.0 Å². The van der Waals surface area contributed by atoms with Gasteiger partial charge in [0.15, 0.2) is 11.5 Å². The number of nitrogens with zero attached hydrogens (tertiary/aromatic N) is 3. The van der Waals surface area contributed by atoms with Gasteiger partial charge in [0.25, 0.3) is 0 Å². The quantitative estimate of drug-likeness (QED) is 0.533. The van der Waals surface area contributed by atoms with E-state index in [9.17, 15) is 23.1 Å². The molecule has 0 radical (unpaired) electrons. The summed E-state index contributed by atoms with van der Waals surface area (Å²) in [5, 5.41) is 17.7. The normalized spacial score (nSPS) is 12.3. The minimum Gasteiger partial charge on any atom is -0.465 e. The van der Waals surface area contributed by atoms with Crippen LogP contribution in [-0.2, 0) is 17.5 Å². The van der Waals surface area contributed by atoms with Gasteiger partial charge in [-0.15, -0.1) is 0 Å². The molecule has 2 aromatic heterocycles. The van der Waals surface area contributed by atoms with Crippen molar-refractivity contribution < 1.29 is 32.3 Å². The molecule has 0 aliphatic rings. The summed E-state index contributed by atoms with van der Waals surface area (Å²) in [6.45, 7) is 2.75. The Bertz CT molecular complexity index is 1100. The van der Waals surface area contributed by atoms with Gasteiger partial charge in [-0.2, -0.15) is 18.3 Å². The predicted octanol–water partition coefficient (Wildman–Crippen LogP) is 4.82. The summed E-state index contributed by atoms with van der Waals surface area (Å²) in [6, 6.07) is 6.38. The van der Waals surface area contributed by atoms with Crippen LogP contribution >= 0.6 is 11.6 Å². The summed E-state index contributed by atoms with van der Waals surface area (Å²) in [4.78, 5) is 12.5. The molecular formula is C20H19ClF3N3O4. The Morgan fingerprint density at radius 1 is 1.26 bits per heavy atom. The third kappa shape index (κ3) is 4.75. The second-order valence-corrected chi connectivity index (χ2v) is 7.80. The third-order valence-electron chi connectivity index (χ3n) is 4.50.